The summed E-state index contributed by atoms with van der Waals surface area (Å²) >= 11 is 0. The molecule has 2 aliphatic heterocycles. The Hall–Kier alpha value is -3.41. The number of rotatable bonds is 4. The first kappa shape index (κ1) is 19.5. The molecule has 6 nitrogen and oxygen atoms in total. The molecule has 0 spiro atoms. The van der Waals surface area contributed by atoms with Crippen molar-refractivity contribution < 1.29 is 14.1 Å². The van der Waals surface area contributed by atoms with Gasteiger partial charge in [0.15, 0.2) is 0 Å². The van der Waals surface area contributed by atoms with Gasteiger partial charge < -0.3 is 14.3 Å². The van der Waals surface area contributed by atoms with Crippen LogP contribution in [0.25, 0.3) is 0 Å². The van der Waals surface area contributed by atoms with Crippen LogP contribution in [0.3, 0.4) is 0 Å². The maximum absolute atomic E-state index is 13.3. The predicted molar refractivity (Wildman–Crippen MR) is 115 cm³/mol. The fourth-order valence-corrected chi connectivity index (χ4v) is 5.22. The van der Waals surface area contributed by atoms with Crippen LogP contribution in [0.1, 0.15) is 40.9 Å². The highest BCUT2D eigenvalue weighted by Gasteiger charge is 2.52. The summed E-state index contributed by atoms with van der Waals surface area (Å²) in [6, 6.07) is 21.9. The first-order chi connectivity index (χ1) is 15.2. The van der Waals surface area contributed by atoms with Crippen LogP contribution in [0.2, 0.25) is 0 Å². The van der Waals surface area contributed by atoms with Gasteiger partial charge in [-0.3, -0.25) is 9.59 Å². The lowest BCUT2D eigenvalue weighted by atomic mass is 9.71. The van der Waals surface area contributed by atoms with Crippen LogP contribution in [0.4, 0.5) is 0 Å². The number of likely N-dealkylation sites (tertiary alicyclic amines) is 2. The zero-order valence-corrected chi connectivity index (χ0v) is 17.3. The van der Waals surface area contributed by atoms with Crippen molar-refractivity contribution in [1.29, 1.82) is 0 Å². The van der Waals surface area contributed by atoms with Crippen LogP contribution in [0, 0.1) is 0 Å². The molecule has 2 aromatic carbocycles. The van der Waals surface area contributed by atoms with E-state index in [0.29, 0.717) is 26.1 Å². The van der Waals surface area contributed by atoms with Crippen LogP contribution in [0.15, 0.2) is 77.4 Å². The van der Waals surface area contributed by atoms with Gasteiger partial charge in [0.2, 0.25) is 11.7 Å². The van der Waals surface area contributed by atoms with Gasteiger partial charge in [0, 0.05) is 37.5 Å². The van der Waals surface area contributed by atoms with Crippen LogP contribution >= 0.6 is 0 Å². The summed E-state index contributed by atoms with van der Waals surface area (Å²) in [4.78, 5) is 30.2. The molecule has 2 aliphatic rings. The molecule has 0 bridgehead atoms. The summed E-state index contributed by atoms with van der Waals surface area (Å²) in [5.74, 6) is 0.226. The number of carbonyl (C=O) groups excluding carboxylic acids is 2. The van der Waals surface area contributed by atoms with Gasteiger partial charge in [-0.1, -0.05) is 65.8 Å². The van der Waals surface area contributed by atoms with Gasteiger partial charge in [0.05, 0.1) is 12.2 Å². The maximum Gasteiger partial charge on any atom is 0.292 e. The summed E-state index contributed by atoms with van der Waals surface area (Å²) in [5.41, 5.74) is 2.04. The van der Waals surface area contributed by atoms with E-state index in [4.69, 9.17) is 4.52 Å². The molecule has 158 valence electrons. The minimum atomic E-state index is -0.252. The van der Waals surface area contributed by atoms with Crippen molar-refractivity contribution >= 4 is 11.8 Å². The van der Waals surface area contributed by atoms with Gasteiger partial charge in [0.25, 0.3) is 5.91 Å². The van der Waals surface area contributed by atoms with E-state index in [2.05, 4.69) is 17.3 Å². The van der Waals surface area contributed by atoms with Crippen molar-refractivity contribution in [2.24, 2.45) is 0 Å². The number of hydrogen-bond donors (Lipinski definition) is 0. The zero-order valence-electron chi connectivity index (χ0n) is 17.3. The molecule has 5 rings (SSSR count). The van der Waals surface area contributed by atoms with E-state index in [1.807, 2.05) is 58.3 Å². The summed E-state index contributed by atoms with van der Waals surface area (Å²) in [6.45, 7) is 1.68. The van der Waals surface area contributed by atoms with E-state index in [1.54, 1.807) is 6.07 Å². The number of aromatic nitrogens is 1. The van der Waals surface area contributed by atoms with Crippen LogP contribution < -0.4 is 0 Å². The number of nitrogens with zero attached hydrogens (tertiary/aromatic N) is 3. The highest BCUT2D eigenvalue weighted by Crippen LogP contribution is 2.46. The van der Waals surface area contributed by atoms with E-state index in [0.717, 1.165) is 18.4 Å². The minimum Gasteiger partial charge on any atom is -0.351 e. The molecule has 2 atom stereocenters. The monoisotopic (exact) mass is 415 g/mol. The number of amides is 2. The van der Waals surface area contributed by atoms with Crippen molar-refractivity contribution in [3.63, 3.8) is 0 Å². The van der Waals surface area contributed by atoms with Gasteiger partial charge in [-0.2, -0.15) is 0 Å². The van der Waals surface area contributed by atoms with Gasteiger partial charge in [-0.15, -0.1) is 0 Å². The lowest BCUT2D eigenvalue weighted by Crippen LogP contribution is -2.50. The smallest absolute Gasteiger partial charge is 0.292 e. The Morgan fingerprint density at radius 3 is 2.48 bits per heavy atom. The van der Waals surface area contributed by atoms with E-state index < -0.39 is 0 Å². The molecule has 3 aromatic rings. The zero-order chi connectivity index (χ0) is 21.3. The number of carbonyl (C=O) groups is 2. The Balaban J connectivity index is 1.52. The number of benzene rings is 2. The minimum absolute atomic E-state index is 0.123. The van der Waals surface area contributed by atoms with Crippen LogP contribution in [-0.4, -0.2) is 45.9 Å². The molecule has 0 unspecified atom stereocenters. The second kappa shape index (κ2) is 8.02. The van der Waals surface area contributed by atoms with Crippen molar-refractivity contribution in [1.82, 2.24) is 15.0 Å². The second-order valence-corrected chi connectivity index (χ2v) is 8.42. The van der Waals surface area contributed by atoms with E-state index >= 15 is 0 Å². The number of hydrogen-bond acceptors (Lipinski definition) is 4. The van der Waals surface area contributed by atoms with Gasteiger partial charge in [-0.25, -0.2) is 0 Å². The summed E-state index contributed by atoms with van der Waals surface area (Å²) in [5, 5.41) is 3.71. The van der Waals surface area contributed by atoms with Crippen LogP contribution in [-0.2, 0) is 16.8 Å². The second-order valence-electron chi connectivity index (χ2n) is 8.42. The maximum atomic E-state index is 13.3. The van der Waals surface area contributed by atoms with Gasteiger partial charge in [0.1, 0.15) is 0 Å². The third-order valence-corrected chi connectivity index (χ3v) is 6.82. The quantitative estimate of drug-likeness (QED) is 0.652. The lowest BCUT2D eigenvalue weighted by molar-refractivity contribution is -0.131. The highest BCUT2D eigenvalue weighted by atomic mass is 16.5. The van der Waals surface area contributed by atoms with Crippen molar-refractivity contribution in [2.45, 2.75) is 37.3 Å². The Morgan fingerprint density at radius 1 is 1.03 bits per heavy atom. The SMILES string of the molecule is O=C1CC[C@@]2(c3ccccc3)CCN(C(=O)c3ccno3)[C@H]2CN1Cc1ccccc1. The number of fused-ring (bicyclic) bond motifs is 1. The lowest BCUT2D eigenvalue weighted by Gasteiger charge is -2.38. The van der Waals surface area contributed by atoms with Crippen LogP contribution in [0.5, 0.6) is 0 Å². The Bertz CT molecular complexity index is 1050. The summed E-state index contributed by atoms with van der Waals surface area (Å²) in [7, 11) is 0. The molecule has 3 heterocycles. The van der Waals surface area contributed by atoms with E-state index in [9.17, 15) is 9.59 Å². The molecule has 1 aromatic heterocycles. The first-order valence-electron chi connectivity index (χ1n) is 10.8. The first-order valence-corrected chi connectivity index (χ1v) is 10.8. The van der Waals surface area contributed by atoms with E-state index in [-0.39, 0.29) is 29.0 Å². The van der Waals surface area contributed by atoms with Crippen molar-refractivity contribution in [2.75, 3.05) is 13.1 Å². The van der Waals surface area contributed by atoms with Gasteiger partial charge in [-0.05, 0) is 24.0 Å². The topological polar surface area (TPSA) is 66.7 Å². The standard InChI is InChI=1S/C25H25N3O3/c29-23-11-13-25(20-9-5-2-6-10-20)14-16-28(24(30)21-12-15-26-31-21)22(25)18-27(23)17-19-7-3-1-4-8-19/h1-10,12,15,22H,11,13-14,16-18H2/t22-,25-/m0/s1. The fourth-order valence-electron chi connectivity index (χ4n) is 5.22. The summed E-state index contributed by atoms with van der Waals surface area (Å²) < 4.78 is 5.18. The molecule has 0 aliphatic carbocycles. The largest absolute Gasteiger partial charge is 0.351 e. The third kappa shape index (κ3) is 3.52. The molecule has 31 heavy (non-hydrogen) atoms. The molecule has 0 saturated carbocycles. The molecule has 0 N–H and O–H groups in total. The van der Waals surface area contributed by atoms with E-state index in [1.165, 1.54) is 11.8 Å². The molecule has 2 fully saturated rings. The highest BCUT2D eigenvalue weighted by molar-refractivity contribution is 5.92. The average Bonchev–Trinajstić information content (AvgIpc) is 3.45. The molecule has 2 saturated heterocycles. The Kier molecular flexibility index (Phi) is 5.06. The molecule has 6 heteroatoms. The molecule has 0 radical (unpaired) electrons. The van der Waals surface area contributed by atoms with Gasteiger partial charge >= 0.3 is 0 Å². The molecular weight excluding hydrogens is 390 g/mol. The Labute approximate surface area is 181 Å². The third-order valence-electron chi connectivity index (χ3n) is 6.82. The molecular formula is C25H25N3O3. The normalized spacial score (nSPS) is 23.5. The molecule has 2 amide bonds. The van der Waals surface area contributed by atoms with Crippen molar-refractivity contribution in [3.8, 4) is 0 Å². The van der Waals surface area contributed by atoms with Crippen molar-refractivity contribution in [3.05, 3.63) is 89.8 Å². The summed E-state index contributed by atoms with van der Waals surface area (Å²) in [6.07, 6.45) is 3.52. The average molecular weight is 415 g/mol. The fraction of sp³-hybridized carbons (Fsp3) is 0.320. The predicted octanol–water partition coefficient (Wildman–Crippen LogP) is 3.65. The Morgan fingerprint density at radius 2 is 1.77 bits per heavy atom.